The Kier molecular flexibility index (Phi) is 4.97. The van der Waals surface area contributed by atoms with Crippen molar-refractivity contribution in [3.05, 3.63) is 47.7 Å². The number of aromatic nitrogens is 3. The van der Waals surface area contributed by atoms with Crippen LogP contribution >= 0.6 is 11.6 Å². The zero-order valence-electron chi connectivity index (χ0n) is 14.7. The summed E-state index contributed by atoms with van der Waals surface area (Å²) in [4.78, 5) is 4.28. The monoisotopic (exact) mass is 358 g/mol. The topological polar surface area (TPSA) is 65.4 Å². The van der Waals surface area contributed by atoms with Gasteiger partial charge in [-0.3, -0.25) is 0 Å². The highest BCUT2D eigenvalue weighted by molar-refractivity contribution is 6.32. The van der Waals surface area contributed by atoms with Gasteiger partial charge < -0.3 is 10.5 Å². The van der Waals surface area contributed by atoms with Crippen LogP contribution in [0.15, 0.2) is 42.7 Å². The van der Waals surface area contributed by atoms with E-state index in [-0.39, 0.29) is 5.54 Å². The molecular weight excluding hydrogens is 336 g/mol. The van der Waals surface area contributed by atoms with E-state index in [1.54, 1.807) is 16.9 Å². The summed E-state index contributed by atoms with van der Waals surface area (Å²) in [7, 11) is 0. The highest BCUT2D eigenvalue weighted by Gasteiger charge is 2.21. The summed E-state index contributed by atoms with van der Waals surface area (Å²) in [5.41, 5.74) is 8.58. The van der Waals surface area contributed by atoms with E-state index >= 15 is 0 Å². The minimum atomic E-state index is -0.386. The zero-order chi connectivity index (χ0) is 18.0. The highest BCUT2D eigenvalue weighted by Crippen LogP contribution is 2.31. The lowest BCUT2D eigenvalue weighted by atomic mass is 9.93. The first-order valence-corrected chi connectivity index (χ1v) is 8.74. The molecule has 0 spiro atoms. The molecule has 5 nitrogen and oxygen atoms in total. The van der Waals surface area contributed by atoms with Gasteiger partial charge in [0.05, 0.1) is 16.9 Å². The summed E-state index contributed by atoms with van der Waals surface area (Å²) < 4.78 is 7.66. The Morgan fingerprint density at radius 3 is 2.76 bits per heavy atom. The summed E-state index contributed by atoms with van der Waals surface area (Å²) in [6.07, 6.45) is 4.37. The molecule has 0 aliphatic rings. The van der Waals surface area contributed by atoms with Crippen molar-refractivity contribution in [3.8, 4) is 17.0 Å². The first-order chi connectivity index (χ1) is 11.9. The molecule has 132 valence electrons. The van der Waals surface area contributed by atoms with Crippen LogP contribution in [0.3, 0.4) is 0 Å². The molecule has 6 heteroatoms. The van der Waals surface area contributed by atoms with Crippen molar-refractivity contribution in [3.63, 3.8) is 0 Å². The van der Waals surface area contributed by atoms with Gasteiger partial charge in [-0.15, -0.1) is 0 Å². The maximum absolute atomic E-state index is 6.43. The predicted octanol–water partition coefficient (Wildman–Crippen LogP) is 4.19. The minimum absolute atomic E-state index is 0.386. The van der Waals surface area contributed by atoms with Crippen LogP contribution in [0.2, 0.25) is 5.02 Å². The average molecular weight is 359 g/mol. The molecule has 0 fully saturated rings. The van der Waals surface area contributed by atoms with Crippen molar-refractivity contribution in [1.82, 2.24) is 14.6 Å². The molecule has 0 saturated carbocycles. The van der Waals surface area contributed by atoms with E-state index in [9.17, 15) is 0 Å². The van der Waals surface area contributed by atoms with E-state index in [1.165, 1.54) is 0 Å². The summed E-state index contributed by atoms with van der Waals surface area (Å²) in [5, 5.41) is 4.86. The molecule has 0 radical (unpaired) electrons. The fraction of sp³-hybridized carbons (Fsp3) is 0.368. The van der Waals surface area contributed by atoms with Crippen molar-refractivity contribution >= 4 is 17.2 Å². The summed E-state index contributed by atoms with van der Waals surface area (Å²) in [5.74, 6) is 1.15. The Morgan fingerprint density at radius 2 is 2.04 bits per heavy atom. The standard InChI is InChI=1S/C19H23ClN4O/c1-13(2)11-19(3,21)12-25-17-5-4-14(10-15(17)20)16-6-8-22-18-7-9-23-24(16)18/h4-10,13H,11-12,21H2,1-3H3/t19-/m0/s1. The normalized spacial score (nSPS) is 14.0. The molecule has 3 aromatic rings. The summed E-state index contributed by atoms with van der Waals surface area (Å²) in [6, 6.07) is 9.49. The molecule has 0 amide bonds. The van der Waals surface area contributed by atoms with Crippen LogP contribution in [0.5, 0.6) is 5.75 Å². The molecule has 1 aromatic carbocycles. The molecule has 0 unspecified atom stereocenters. The second-order valence-corrected chi connectivity index (χ2v) is 7.52. The van der Waals surface area contributed by atoms with Crippen LogP contribution < -0.4 is 10.5 Å². The quantitative estimate of drug-likeness (QED) is 0.717. The fourth-order valence-corrected chi connectivity index (χ4v) is 3.30. The highest BCUT2D eigenvalue weighted by atomic mass is 35.5. The van der Waals surface area contributed by atoms with Crippen LogP contribution in [0.25, 0.3) is 16.9 Å². The molecule has 3 rings (SSSR count). The Morgan fingerprint density at radius 1 is 1.24 bits per heavy atom. The summed E-state index contributed by atoms with van der Waals surface area (Å²) >= 11 is 6.43. The van der Waals surface area contributed by atoms with Crippen LogP contribution in [-0.2, 0) is 0 Å². The average Bonchev–Trinajstić information content (AvgIpc) is 3.01. The van der Waals surface area contributed by atoms with Crippen molar-refractivity contribution in [1.29, 1.82) is 0 Å². The van der Waals surface area contributed by atoms with Crippen molar-refractivity contribution in [2.75, 3.05) is 6.61 Å². The zero-order valence-corrected chi connectivity index (χ0v) is 15.5. The molecule has 25 heavy (non-hydrogen) atoms. The molecule has 2 N–H and O–H groups in total. The third-order valence-corrected chi connectivity index (χ3v) is 4.25. The number of fused-ring (bicyclic) bond motifs is 1. The van der Waals surface area contributed by atoms with Gasteiger partial charge in [0.1, 0.15) is 12.4 Å². The lowest BCUT2D eigenvalue weighted by Crippen LogP contribution is -2.43. The Hall–Kier alpha value is -2.11. The van der Waals surface area contributed by atoms with Crippen molar-refractivity contribution < 1.29 is 4.74 Å². The maximum Gasteiger partial charge on any atom is 0.155 e. The van der Waals surface area contributed by atoms with Gasteiger partial charge in [-0.05, 0) is 43.5 Å². The SMILES string of the molecule is CC(C)C[C@](C)(N)COc1ccc(-c2ccnc3ccnn23)cc1Cl. The van der Waals surface area contributed by atoms with Gasteiger partial charge >= 0.3 is 0 Å². The Bertz CT molecular complexity index is 873. The molecule has 2 heterocycles. The molecule has 0 bridgehead atoms. The Balaban J connectivity index is 1.81. The van der Waals surface area contributed by atoms with E-state index in [0.717, 1.165) is 23.3 Å². The van der Waals surface area contributed by atoms with Crippen molar-refractivity contribution in [2.45, 2.75) is 32.7 Å². The van der Waals surface area contributed by atoms with Gasteiger partial charge in [0.2, 0.25) is 0 Å². The lowest BCUT2D eigenvalue weighted by Gasteiger charge is -2.26. The van der Waals surface area contributed by atoms with E-state index in [4.69, 9.17) is 22.1 Å². The third kappa shape index (κ3) is 4.11. The summed E-state index contributed by atoms with van der Waals surface area (Å²) in [6.45, 7) is 6.72. The molecule has 2 aromatic heterocycles. The molecule has 0 aliphatic carbocycles. The smallest absolute Gasteiger partial charge is 0.155 e. The first-order valence-electron chi connectivity index (χ1n) is 8.36. The Labute approximate surface area is 152 Å². The van der Waals surface area contributed by atoms with Gasteiger partial charge in [0, 0.05) is 23.4 Å². The number of halogens is 1. The van der Waals surface area contributed by atoms with E-state index in [2.05, 4.69) is 23.9 Å². The van der Waals surface area contributed by atoms with Gasteiger partial charge in [0.25, 0.3) is 0 Å². The van der Waals surface area contributed by atoms with E-state index < -0.39 is 0 Å². The molecule has 0 aliphatic heterocycles. The number of benzene rings is 1. The number of ether oxygens (including phenoxy) is 1. The van der Waals surface area contributed by atoms with Gasteiger partial charge in [0.15, 0.2) is 5.65 Å². The van der Waals surface area contributed by atoms with E-state index in [1.807, 2.05) is 37.3 Å². The number of rotatable bonds is 6. The lowest BCUT2D eigenvalue weighted by molar-refractivity contribution is 0.207. The third-order valence-electron chi connectivity index (χ3n) is 3.95. The largest absolute Gasteiger partial charge is 0.490 e. The second kappa shape index (κ2) is 7.02. The van der Waals surface area contributed by atoms with Gasteiger partial charge in [-0.1, -0.05) is 25.4 Å². The van der Waals surface area contributed by atoms with Crippen LogP contribution in [0.1, 0.15) is 27.2 Å². The van der Waals surface area contributed by atoms with Crippen LogP contribution in [-0.4, -0.2) is 26.7 Å². The first kappa shape index (κ1) is 17.7. The minimum Gasteiger partial charge on any atom is -0.490 e. The van der Waals surface area contributed by atoms with Crippen molar-refractivity contribution in [2.24, 2.45) is 11.7 Å². The number of hydrogen-bond donors (Lipinski definition) is 1. The predicted molar refractivity (Wildman–Crippen MR) is 101 cm³/mol. The number of hydrogen-bond acceptors (Lipinski definition) is 4. The van der Waals surface area contributed by atoms with Crippen LogP contribution in [0, 0.1) is 5.92 Å². The van der Waals surface area contributed by atoms with E-state index in [0.29, 0.717) is 23.3 Å². The number of nitrogens with two attached hydrogens (primary N) is 1. The molecular formula is C19H23ClN4O. The van der Waals surface area contributed by atoms with Gasteiger partial charge in [-0.2, -0.15) is 5.10 Å². The fourth-order valence-electron chi connectivity index (χ4n) is 3.06. The maximum atomic E-state index is 6.43. The molecule has 0 saturated heterocycles. The van der Waals surface area contributed by atoms with Crippen LogP contribution in [0.4, 0.5) is 0 Å². The number of nitrogens with zero attached hydrogens (tertiary/aromatic N) is 3. The molecule has 1 atom stereocenters. The second-order valence-electron chi connectivity index (χ2n) is 7.12. The van der Waals surface area contributed by atoms with Gasteiger partial charge in [-0.25, -0.2) is 9.50 Å².